The molecule has 1 amide bonds. The monoisotopic (exact) mass is 318 g/mol. The van der Waals surface area contributed by atoms with E-state index in [1.54, 1.807) is 6.07 Å². The molecular weight excluding hydrogens is 300 g/mol. The van der Waals surface area contributed by atoms with Crippen LogP contribution in [0.25, 0.3) is 11.3 Å². The number of aromatic amines is 1. The second-order valence-electron chi connectivity index (χ2n) is 5.57. The third kappa shape index (κ3) is 3.15. The van der Waals surface area contributed by atoms with E-state index in [1.807, 2.05) is 36.2 Å². The van der Waals surface area contributed by atoms with Crippen LogP contribution in [0.15, 0.2) is 30.3 Å². The van der Waals surface area contributed by atoms with Crippen LogP contribution in [0, 0.1) is 0 Å². The number of benzene rings is 1. The number of halogens is 1. The fraction of sp³-hybridized carbons (Fsp3) is 0.375. The van der Waals surface area contributed by atoms with Gasteiger partial charge in [0.25, 0.3) is 5.91 Å². The Morgan fingerprint density at radius 3 is 2.64 bits per heavy atom. The number of nitrogens with zero attached hydrogens (tertiary/aromatic N) is 2. The number of carbonyl (C=O) groups excluding carboxylic acids is 1. The van der Waals surface area contributed by atoms with E-state index in [1.165, 1.54) is 0 Å². The number of carbonyl (C=O) groups is 1. The highest BCUT2D eigenvalue weighted by molar-refractivity contribution is 6.30. The normalized spacial score (nSPS) is 15.7. The molecule has 0 radical (unpaired) electrons. The third-order valence-electron chi connectivity index (χ3n) is 4.12. The van der Waals surface area contributed by atoms with Gasteiger partial charge in [0, 0.05) is 23.7 Å². The Labute approximate surface area is 134 Å². The first kappa shape index (κ1) is 15.1. The Hall–Kier alpha value is -1.85. The van der Waals surface area contributed by atoms with E-state index in [4.69, 9.17) is 11.6 Å². The number of H-pyrrole nitrogens is 1. The first-order valence-electron chi connectivity index (χ1n) is 7.44. The Bertz CT molecular complexity index is 646. The minimum absolute atomic E-state index is 0.0142. The third-order valence-corrected chi connectivity index (χ3v) is 4.38. The predicted molar refractivity (Wildman–Crippen MR) is 87.0 cm³/mol. The average molecular weight is 319 g/mol. The van der Waals surface area contributed by atoms with Crippen LogP contribution in [-0.2, 0) is 0 Å². The molecule has 22 heavy (non-hydrogen) atoms. The summed E-state index contributed by atoms with van der Waals surface area (Å²) in [5.74, 6) is -0.0142. The summed E-state index contributed by atoms with van der Waals surface area (Å²) in [4.78, 5) is 14.4. The van der Waals surface area contributed by atoms with E-state index in [0.29, 0.717) is 10.7 Å². The van der Waals surface area contributed by atoms with Gasteiger partial charge >= 0.3 is 0 Å². The Morgan fingerprint density at radius 1 is 1.27 bits per heavy atom. The van der Waals surface area contributed by atoms with Crippen molar-refractivity contribution in [3.05, 3.63) is 41.0 Å². The molecule has 0 atom stereocenters. The Morgan fingerprint density at radius 2 is 1.95 bits per heavy atom. The largest absolute Gasteiger partial charge is 0.337 e. The number of rotatable bonds is 3. The molecule has 0 spiro atoms. The van der Waals surface area contributed by atoms with Crippen molar-refractivity contribution < 1.29 is 4.79 Å². The lowest BCUT2D eigenvalue weighted by molar-refractivity contribution is 0.0697. The number of amides is 1. The van der Waals surface area contributed by atoms with Crippen molar-refractivity contribution in [2.75, 3.05) is 20.1 Å². The van der Waals surface area contributed by atoms with Gasteiger partial charge in [-0.1, -0.05) is 23.7 Å². The number of hydrogen-bond donors (Lipinski definition) is 2. The molecule has 1 saturated heterocycles. The first-order valence-corrected chi connectivity index (χ1v) is 7.82. The molecule has 0 aliphatic carbocycles. The molecule has 0 bridgehead atoms. The molecule has 3 rings (SSSR count). The highest BCUT2D eigenvalue weighted by atomic mass is 35.5. The van der Waals surface area contributed by atoms with Crippen molar-refractivity contribution in [2.45, 2.75) is 18.9 Å². The number of hydrogen-bond acceptors (Lipinski definition) is 3. The molecule has 1 aliphatic rings. The summed E-state index contributed by atoms with van der Waals surface area (Å²) in [7, 11) is 1.86. The van der Waals surface area contributed by atoms with E-state index in [-0.39, 0.29) is 11.9 Å². The molecule has 116 valence electrons. The lowest BCUT2D eigenvalue weighted by atomic mass is 10.0. The van der Waals surface area contributed by atoms with Crippen molar-refractivity contribution in [1.82, 2.24) is 20.4 Å². The van der Waals surface area contributed by atoms with Crippen LogP contribution in [0.5, 0.6) is 0 Å². The zero-order chi connectivity index (χ0) is 15.5. The van der Waals surface area contributed by atoms with Crippen molar-refractivity contribution in [2.24, 2.45) is 0 Å². The van der Waals surface area contributed by atoms with Crippen molar-refractivity contribution in [3.8, 4) is 11.3 Å². The smallest absolute Gasteiger partial charge is 0.271 e. The minimum Gasteiger partial charge on any atom is -0.337 e. The van der Waals surface area contributed by atoms with E-state index in [2.05, 4.69) is 15.5 Å². The van der Waals surface area contributed by atoms with Gasteiger partial charge in [-0.15, -0.1) is 0 Å². The SMILES string of the molecule is CN(C(=O)c1cc(-c2ccc(Cl)cc2)n[nH]1)C1CCNCC1. The lowest BCUT2D eigenvalue weighted by Gasteiger charge is -2.31. The summed E-state index contributed by atoms with van der Waals surface area (Å²) >= 11 is 5.89. The molecule has 1 aliphatic heterocycles. The number of aromatic nitrogens is 2. The first-order chi connectivity index (χ1) is 10.6. The fourth-order valence-corrected chi connectivity index (χ4v) is 2.88. The topological polar surface area (TPSA) is 61.0 Å². The summed E-state index contributed by atoms with van der Waals surface area (Å²) in [6.07, 6.45) is 1.97. The van der Waals surface area contributed by atoms with Gasteiger partial charge in [0.15, 0.2) is 0 Å². The lowest BCUT2D eigenvalue weighted by Crippen LogP contribution is -2.44. The maximum Gasteiger partial charge on any atom is 0.271 e. The number of nitrogens with one attached hydrogen (secondary N) is 2. The average Bonchev–Trinajstić information content (AvgIpc) is 3.05. The maximum absolute atomic E-state index is 12.6. The van der Waals surface area contributed by atoms with E-state index >= 15 is 0 Å². The zero-order valence-electron chi connectivity index (χ0n) is 12.5. The minimum atomic E-state index is -0.0142. The summed E-state index contributed by atoms with van der Waals surface area (Å²) in [5.41, 5.74) is 2.20. The van der Waals surface area contributed by atoms with E-state index in [0.717, 1.165) is 37.2 Å². The molecule has 2 heterocycles. The van der Waals surface area contributed by atoms with Gasteiger partial charge in [-0.05, 0) is 44.1 Å². The Balaban J connectivity index is 1.75. The molecule has 0 unspecified atom stereocenters. The van der Waals surface area contributed by atoms with Gasteiger partial charge in [0.1, 0.15) is 5.69 Å². The van der Waals surface area contributed by atoms with Crippen LogP contribution in [0.1, 0.15) is 23.3 Å². The molecule has 1 fully saturated rings. The van der Waals surface area contributed by atoms with Crippen LogP contribution < -0.4 is 5.32 Å². The van der Waals surface area contributed by atoms with Gasteiger partial charge in [0.05, 0.1) is 5.69 Å². The molecule has 0 saturated carbocycles. The fourth-order valence-electron chi connectivity index (χ4n) is 2.75. The second kappa shape index (κ2) is 6.50. The van der Waals surface area contributed by atoms with Crippen LogP contribution in [0.3, 0.4) is 0 Å². The standard InChI is InChI=1S/C16H19ClN4O/c1-21(13-6-8-18-9-7-13)16(22)15-10-14(19-20-15)11-2-4-12(17)5-3-11/h2-5,10,13,18H,6-9H2,1H3,(H,19,20). The second-order valence-corrected chi connectivity index (χ2v) is 6.01. The van der Waals surface area contributed by atoms with Gasteiger partial charge in [-0.2, -0.15) is 5.10 Å². The van der Waals surface area contributed by atoms with Crippen molar-refractivity contribution in [3.63, 3.8) is 0 Å². The van der Waals surface area contributed by atoms with E-state index in [9.17, 15) is 4.79 Å². The predicted octanol–water partition coefficient (Wildman–Crippen LogP) is 2.55. The Kier molecular flexibility index (Phi) is 4.45. The van der Waals surface area contributed by atoms with Crippen molar-refractivity contribution in [1.29, 1.82) is 0 Å². The summed E-state index contributed by atoms with van der Waals surface area (Å²) in [6, 6.07) is 9.49. The van der Waals surface area contributed by atoms with Gasteiger partial charge < -0.3 is 10.2 Å². The van der Waals surface area contributed by atoms with Crippen molar-refractivity contribution >= 4 is 17.5 Å². The molecule has 2 aromatic rings. The zero-order valence-corrected chi connectivity index (χ0v) is 13.2. The highest BCUT2D eigenvalue weighted by Crippen LogP contribution is 2.21. The molecular formula is C16H19ClN4O. The summed E-state index contributed by atoms with van der Waals surface area (Å²) in [5, 5.41) is 11.1. The molecule has 1 aromatic carbocycles. The molecule has 6 heteroatoms. The maximum atomic E-state index is 12.6. The summed E-state index contributed by atoms with van der Waals surface area (Å²) in [6.45, 7) is 1.92. The van der Waals surface area contributed by atoms with Gasteiger partial charge in [-0.25, -0.2) is 0 Å². The highest BCUT2D eigenvalue weighted by Gasteiger charge is 2.24. The molecule has 1 aromatic heterocycles. The van der Waals surface area contributed by atoms with Gasteiger partial charge in [-0.3, -0.25) is 9.89 Å². The quantitative estimate of drug-likeness (QED) is 0.914. The molecule has 2 N–H and O–H groups in total. The van der Waals surface area contributed by atoms with Gasteiger partial charge in [0.2, 0.25) is 0 Å². The molecule has 5 nitrogen and oxygen atoms in total. The van der Waals surface area contributed by atoms with Crippen LogP contribution in [-0.4, -0.2) is 47.2 Å². The number of piperidine rings is 1. The van der Waals surface area contributed by atoms with Crippen LogP contribution in [0.2, 0.25) is 5.02 Å². The van der Waals surface area contributed by atoms with Crippen LogP contribution >= 0.6 is 11.6 Å². The van der Waals surface area contributed by atoms with E-state index < -0.39 is 0 Å². The van der Waals surface area contributed by atoms with Crippen LogP contribution in [0.4, 0.5) is 0 Å². The summed E-state index contributed by atoms with van der Waals surface area (Å²) < 4.78 is 0.